The normalized spacial score (nSPS) is 50.2. The van der Waals surface area contributed by atoms with Crippen molar-refractivity contribution < 1.29 is 27.8 Å². The number of halogens is 2. The topological polar surface area (TPSA) is 52.6 Å². The summed E-state index contributed by atoms with van der Waals surface area (Å²) in [6, 6.07) is 0. The molecule has 6 aliphatic rings. The summed E-state index contributed by atoms with van der Waals surface area (Å²) in [6.07, 6.45) is 4.11. The number of hydrogen-bond acceptors (Lipinski definition) is 6. The fourth-order valence-electron chi connectivity index (χ4n) is 5.82. The van der Waals surface area contributed by atoms with Crippen LogP contribution in [0.25, 0.3) is 0 Å². The largest absolute Gasteiger partial charge is 0.464 e. The Morgan fingerprint density at radius 3 is 2.52 bits per heavy atom. The van der Waals surface area contributed by atoms with Gasteiger partial charge >= 0.3 is 17.9 Å². The van der Waals surface area contributed by atoms with E-state index in [9.17, 15) is 18.4 Å². The molecule has 2 aliphatic heterocycles. The van der Waals surface area contributed by atoms with Crippen molar-refractivity contribution >= 4 is 35.5 Å². The van der Waals surface area contributed by atoms with Crippen LogP contribution in [0.1, 0.15) is 39.0 Å². The third-order valence-electron chi connectivity index (χ3n) is 6.55. The van der Waals surface area contributed by atoms with E-state index in [-0.39, 0.29) is 20.5 Å². The van der Waals surface area contributed by atoms with Crippen LogP contribution in [0.15, 0.2) is 0 Å². The number of alkyl halides is 2. The first-order valence-electron chi connectivity index (χ1n) is 8.84. The number of ether oxygens (including phenoxy) is 2. The third kappa shape index (κ3) is 2.32. The van der Waals surface area contributed by atoms with E-state index in [4.69, 9.17) is 9.47 Å². The lowest BCUT2D eigenvalue weighted by Crippen LogP contribution is -2.62. The number of cyclic esters (lactones) is 1. The van der Waals surface area contributed by atoms with Crippen LogP contribution in [-0.2, 0) is 19.1 Å². The molecule has 4 atom stereocenters. The standard InChI is InChI=1S/C17H20F2O4S2/c1-15(18,19)14(21)23-16-4-8-2-9(5-16)17(10(3-8)6-16)24-11-7-22-13(20)12(11)25-17/h8-12H,2-7H2,1H3. The molecule has 0 aromatic carbocycles. The minimum absolute atomic E-state index is 0.0314. The molecule has 0 radical (unpaired) electrons. The first kappa shape index (κ1) is 16.7. The van der Waals surface area contributed by atoms with Gasteiger partial charge < -0.3 is 9.47 Å². The number of rotatable bonds is 2. The predicted molar refractivity (Wildman–Crippen MR) is 89.4 cm³/mol. The lowest BCUT2D eigenvalue weighted by molar-refractivity contribution is -0.208. The van der Waals surface area contributed by atoms with E-state index >= 15 is 0 Å². The van der Waals surface area contributed by atoms with E-state index in [1.54, 1.807) is 11.8 Å². The monoisotopic (exact) mass is 390 g/mol. The molecule has 6 rings (SSSR count). The maximum absolute atomic E-state index is 13.4. The Labute approximate surface area is 153 Å². The van der Waals surface area contributed by atoms with Crippen LogP contribution in [0.5, 0.6) is 0 Å². The van der Waals surface area contributed by atoms with Gasteiger partial charge in [-0.25, -0.2) is 4.79 Å². The van der Waals surface area contributed by atoms with Crippen LogP contribution in [-0.4, -0.2) is 44.6 Å². The highest BCUT2D eigenvalue weighted by Crippen LogP contribution is 2.73. The van der Waals surface area contributed by atoms with Crippen molar-refractivity contribution in [1.29, 1.82) is 0 Å². The molecule has 0 aromatic heterocycles. The van der Waals surface area contributed by atoms with Gasteiger partial charge in [0.2, 0.25) is 0 Å². The average molecular weight is 390 g/mol. The summed E-state index contributed by atoms with van der Waals surface area (Å²) >= 11 is 3.62. The molecule has 4 unspecified atom stereocenters. The van der Waals surface area contributed by atoms with E-state index in [1.807, 2.05) is 11.8 Å². The molecular weight excluding hydrogens is 370 g/mol. The Balaban J connectivity index is 1.41. The summed E-state index contributed by atoms with van der Waals surface area (Å²) in [6.45, 7) is 1.08. The minimum Gasteiger partial charge on any atom is -0.464 e. The second kappa shape index (κ2) is 5.06. The van der Waals surface area contributed by atoms with E-state index in [0.717, 1.165) is 12.8 Å². The molecule has 0 N–H and O–H groups in total. The van der Waals surface area contributed by atoms with Gasteiger partial charge in [0.05, 0.1) is 9.33 Å². The number of fused-ring (bicyclic) bond motifs is 1. The molecule has 1 spiro atoms. The molecule has 4 aliphatic carbocycles. The van der Waals surface area contributed by atoms with Crippen LogP contribution >= 0.6 is 23.5 Å². The summed E-state index contributed by atoms with van der Waals surface area (Å²) < 4.78 is 37.3. The van der Waals surface area contributed by atoms with Crippen LogP contribution < -0.4 is 0 Å². The number of esters is 2. The van der Waals surface area contributed by atoms with E-state index < -0.39 is 17.5 Å². The summed E-state index contributed by atoms with van der Waals surface area (Å²) in [5.74, 6) is -3.89. The van der Waals surface area contributed by atoms with Gasteiger partial charge in [0, 0.05) is 6.92 Å². The fraction of sp³-hybridized carbons (Fsp3) is 0.882. The van der Waals surface area contributed by atoms with Crippen LogP contribution in [0.4, 0.5) is 8.78 Å². The molecule has 4 nitrogen and oxygen atoms in total. The van der Waals surface area contributed by atoms with Crippen molar-refractivity contribution in [2.75, 3.05) is 6.61 Å². The van der Waals surface area contributed by atoms with Gasteiger partial charge in [-0.3, -0.25) is 4.79 Å². The summed E-state index contributed by atoms with van der Waals surface area (Å²) in [5, 5.41) is 0.106. The van der Waals surface area contributed by atoms with E-state index in [1.165, 1.54) is 0 Å². The zero-order valence-corrected chi connectivity index (χ0v) is 15.5. The first-order chi connectivity index (χ1) is 11.7. The number of carbonyl (C=O) groups excluding carboxylic acids is 2. The highest BCUT2D eigenvalue weighted by Gasteiger charge is 2.69. The highest BCUT2D eigenvalue weighted by molar-refractivity contribution is 8.22. The molecule has 4 saturated carbocycles. The molecule has 0 aromatic rings. The smallest absolute Gasteiger partial charge is 0.377 e. The fourth-order valence-corrected chi connectivity index (χ4v) is 10.2. The Hall–Kier alpha value is -0.500. The Kier molecular flexibility index (Phi) is 3.37. The van der Waals surface area contributed by atoms with Gasteiger partial charge in [0.1, 0.15) is 17.5 Å². The molecule has 25 heavy (non-hydrogen) atoms. The van der Waals surface area contributed by atoms with Gasteiger partial charge in [-0.2, -0.15) is 8.78 Å². The number of carbonyl (C=O) groups is 2. The molecular formula is C17H20F2O4S2. The molecule has 2 saturated heterocycles. The van der Waals surface area contributed by atoms with Crippen LogP contribution in [0.2, 0.25) is 0 Å². The minimum atomic E-state index is -3.45. The average Bonchev–Trinajstić information content (AvgIpc) is 3.03. The molecule has 4 bridgehead atoms. The molecule has 6 fully saturated rings. The van der Waals surface area contributed by atoms with Gasteiger partial charge in [0.25, 0.3) is 0 Å². The Bertz CT molecular complexity index is 633. The second-order valence-corrected chi connectivity index (χ2v) is 11.5. The van der Waals surface area contributed by atoms with Crippen molar-refractivity contribution in [1.82, 2.24) is 0 Å². The SMILES string of the molecule is CC(F)(F)C(=O)OC12CC3CC(C1)C1(SC4COC(=O)C4S1)C(C3)C2. The molecule has 8 heteroatoms. The Morgan fingerprint density at radius 2 is 1.92 bits per heavy atom. The maximum Gasteiger partial charge on any atom is 0.377 e. The quantitative estimate of drug-likeness (QED) is 0.675. The van der Waals surface area contributed by atoms with Crippen LogP contribution in [0.3, 0.4) is 0 Å². The number of thioether (sulfide) groups is 2. The van der Waals surface area contributed by atoms with Crippen molar-refractivity contribution in [3.63, 3.8) is 0 Å². The van der Waals surface area contributed by atoms with E-state index in [0.29, 0.717) is 50.5 Å². The molecule has 138 valence electrons. The lowest BCUT2D eigenvalue weighted by Gasteiger charge is -2.63. The highest BCUT2D eigenvalue weighted by atomic mass is 32.2. The van der Waals surface area contributed by atoms with Gasteiger partial charge in [-0.15, -0.1) is 23.5 Å². The van der Waals surface area contributed by atoms with Gasteiger partial charge in [0.15, 0.2) is 0 Å². The molecule has 2 heterocycles. The summed E-state index contributed by atoms with van der Waals surface area (Å²) in [4.78, 5) is 23.8. The maximum atomic E-state index is 13.4. The number of hydrogen-bond donors (Lipinski definition) is 0. The van der Waals surface area contributed by atoms with E-state index in [2.05, 4.69) is 0 Å². The second-order valence-electron chi connectivity index (χ2n) is 8.35. The van der Waals surface area contributed by atoms with Crippen molar-refractivity contribution in [3.8, 4) is 0 Å². The lowest BCUT2D eigenvalue weighted by atomic mass is 9.53. The van der Waals surface area contributed by atoms with Gasteiger partial charge in [-0.1, -0.05) is 0 Å². The van der Waals surface area contributed by atoms with Gasteiger partial charge in [-0.05, 0) is 49.9 Å². The molecule has 0 amide bonds. The predicted octanol–water partition coefficient (Wildman–Crippen LogP) is 3.23. The van der Waals surface area contributed by atoms with Crippen LogP contribution in [0, 0.1) is 17.8 Å². The zero-order chi connectivity index (χ0) is 17.6. The van der Waals surface area contributed by atoms with Crippen molar-refractivity contribution in [3.05, 3.63) is 0 Å². The Morgan fingerprint density at radius 1 is 1.24 bits per heavy atom. The third-order valence-corrected chi connectivity index (χ3v) is 10.9. The first-order valence-corrected chi connectivity index (χ1v) is 10.6. The van der Waals surface area contributed by atoms with Crippen molar-refractivity contribution in [2.24, 2.45) is 17.8 Å². The summed E-state index contributed by atoms with van der Waals surface area (Å²) in [5.41, 5.74) is -0.725. The van der Waals surface area contributed by atoms with Crippen molar-refractivity contribution in [2.45, 2.75) is 65.1 Å². The summed E-state index contributed by atoms with van der Waals surface area (Å²) in [7, 11) is 0. The zero-order valence-electron chi connectivity index (χ0n) is 13.8.